The van der Waals surface area contributed by atoms with Crippen LogP contribution in [0.3, 0.4) is 0 Å². The van der Waals surface area contributed by atoms with Gasteiger partial charge in [0.05, 0.1) is 54.7 Å². The van der Waals surface area contributed by atoms with Gasteiger partial charge in [-0.25, -0.2) is 53.6 Å². The lowest BCUT2D eigenvalue weighted by atomic mass is 10.1. The number of benzene rings is 7. The second-order valence-corrected chi connectivity index (χ2v) is 23.3. The molecular formula is C69H55N10O16P. The summed E-state index contributed by atoms with van der Waals surface area (Å²) in [5.74, 6) is -4.44. The van der Waals surface area contributed by atoms with Crippen molar-refractivity contribution in [3.05, 3.63) is 277 Å². The molecule has 11 aromatic rings. The highest BCUT2D eigenvalue weighted by Gasteiger charge is 2.54. The van der Waals surface area contributed by atoms with Gasteiger partial charge in [-0.05, 0) is 78.4 Å². The maximum Gasteiger partial charge on any atom is 0.475 e. The van der Waals surface area contributed by atoms with Gasteiger partial charge in [0.2, 0.25) is 0 Å². The molecule has 2 aliphatic heterocycles. The van der Waals surface area contributed by atoms with Crippen LogP contribution in [0.15, 0.2) is 238 Å². The van der Waals surface area contributed by atoms with E-state index in [0.717, 1.165) is 0 Å². The van der Waals surface area contributed by atoms with Gasteiger partial charge < -0.3 is 39.1 Å². The van der Waals surface area contributed by atoms with Crippen LogP contribution < -0.4 is 10.6 Å². The Hall–Kier alpha value is -11.5. The van der Waals surface area contributed by atoms with Crippen molar-refractivity contribution in [2.24, 2.45) is 0 Å². The minimum absolute atomic E-state index is 0.0188. The molecule has 26 nitrogen and oxygen atoms in total. The molecule has 0 aliphatic carbocycles. The van der Waals surface area contributed by atoms with Gasteiger partial charge in [-0.15, -0.1) is 0 Å². The molecule has 2 aliphatic rings. The summed E-state index contributed by atoms with van der Waals surface area (Å²) < 4.78 is 76.1. The molecule has 2 amide bonds. The molecule has 2 N–H and O–H groups in total. The Morgan fingerprint density at radius 1 is 0.385 bits per heavy atom. The van der Waals surface area contributed by atoms with E-state index >= 15 is 4.57 Å². The van der Waals surface area contributed by atoms with E-state index in [1.165, 1.54) is 83.0 Å². The number of anilines is 2. The van der Waals surface area contributed by atoms with Gasteiger partial charge in [0.15, 0.2) is 70.8 Å². The summed E-state index contributed by atoms with van der Waals surface area (Å²) in [6.07, 6.45) is -7.33. The number of phosphoric acid groups is 1. The molecule has 7 aromatic carbocycles. The third-order valence-corrected chi connectivity index (χ3v) is 16.8. The number of rotatable bonds is 23. The van der Waals surface area contributed by atoms with E-state index in [9.17, 15) is 28.8 Å². The molecule has 2 saturated heterocycles. The van der Waals surface area contributed by atoms with E-state index in [0.29, 0.717) is 16.7 Å². The Kier molecular flexibility index (Phi) is 19.0. The van der Waals surface area contributed by atoms with Crippen LogP contribution in [0.25, 0.3) is 22.3 Å². The quantitative estimate of drug-likeness (QED) is 0.0341. The Bertz CT molecular complexity index is 4360. The average molecular weight is 1310 g/mol. The van der Waals surface area contributed by atoms with Crippen molar-refractivity contribution in [1.82, 2.24) is 39.0 Å². The summed E-state index contributed by atoms with van der Waals surface area (Å²) in [5.41, 5.74) is 1.96. The molecule has 96 heavy (non-hydrogen) atoms. The van der Waals surface area contributed by atoms with Crippen molar-refractivity contribution in [3.63, 3.8) is 0 Å². The largest absolute Gasteiger partial charge is 0.475 e. The van der Waals surface area contributed by atoms with Crippen molar-refractivity contribution in [2.75, 3.05) is 23.8 Å². The molecule has 4 aromatic heterocycles. The molecule has 0 bridgehead atoms. The van der Waals surface area contributed by atoms with Gasteiger partial charge in [-0.2, -0.15) is 0 Å². The van der Waals surface area contributed by atoms with Crippen LogP contribution in [0.4, 0.5) is 11.6 Å². The smallest absolute Gasteiger partial charge is 0.452 e. The minimum atomic E-state index is -5.06. The SMILES string of the molecule is O=C(Nc1ncnc2c1ncn2[C@@H]1O[C@H](COP(=O)(OCc2ccccc2)OC[C@H]2O[C@@H](n3cnc4c(NC(=O)c5ccccc5)ncnc43)[C@H](OC(=O)c3ccccc3)[C@@H]2OC(=O)c2ccccc2)[C@@H](OC(=O)c2ccccc2)[C@H]1OC(=O)c1ccccc1)c1ccccc1. The van der Waals surface area contributed by atoms with Gasteiger partial charge in [0.1, 0.15) is 24.9 Å². The van der Waals surface area contributed by atoms with Crippen LogP contribution >= 0.6 is 7.82 Å². The van der Waals surface area contributed by atoms with Crippen molar-refractivity contribution < 1.29 is 75.3 Å². The predicted molar refractivity (Wildman–Crippen MR) is 341 cm³/mol. The number of fused-ring (bicyclic) bond motifs is 2. The second kappa shape index (κ2) is 28.8. The van der Waals surface area contributed by atoms with Gasteiger partial charge in [0, 0.05) is 11.1 Å². The zero-order chi connectivity index (χ0) is 66.0. The van der Waals surface area contributed by atoms with Crippen molar-refractivity contribution in [2.45, 2.75) is 55.7 Å². The number of imidazole rings is 2. The topological polar surface area (TPSA) is 314 Å². The molecule has 0 spiro atoms. The van der Waals surface area contributed by atoms with Crippen LogP contribution in [-0.4, -0.2) is 125 Å². The van der Waals surface area contributed by atoms with Gasteiger partial charge in [-0.3, -0.25) is 32.3 Å². The van der Waals surface area contributed by atoms with Crippen LogP contribution in [-0.2, 0) is 53.2 Å². The normalized spacial score (nSPS) is 19.6. The third kappa shape index (κ3) is 14.2. The first-order chi connectivity index (χ1) is 46.9. The average Bonchev–Trinajstić information content (AvgIpc) is 1.61. The van der Waals surface area contributed by atoms with Crippen molar-refractivity contribution in [3.8, 4) is 0 Å². The fourth-order valence-electron chi connectivity index (χ4n) is 10.7. The molecule has 27 heteroatoms. The first-order valence-corrected chi connectivity index (χ1v) is 31.4. The zero-order valence-electron chi connectivity index (χ0n) is 50.3. The lowest BCUT2D eigenvalue weighted by Crippen LogP contribution is -2.41. The van der Waals surface area contributed by atoms with Crippen LogP contribution in [0.5, 0.6) is 0 Å². The number of hydrogen-bond acceptors (Lipinski definition) is 22. The minimum Gasteiger partial charge on any atom is -0.452 e. The fourth-order valence-corrected chi connectivity index (χ4v) is 11.9. The van der Waals surface area contributed by atoms with Crippen LogP contribution in [0, 0.1) is 0 Å². The van der Waals surface area contributed by atoms with E-state index in [1.807, 2.05) is 0 Å². The Balaban J connectivity index is 0.857. The van der Waals surface area contributed by atoms with Gasteiger partial charge in [0.25, 0.3) is 11.8 Å². The molecule has 8 atom stereocenters. The van der Waals surface area contributed by atoms with E-state index in [4.69, 9.17) is 42.0 Å². The summed E-state index contributed by atoms with van der Waals surface area (Å²) >= 11 is 0. The zero-order valence-corrected chi connectivity index (χ0v) is 51.2. The maximum absolute atomic E-state index is 15.8. The Labute approximate surface area is 545 Å². The Morgan fingerprint density at radius 2 is 0.698 bits per heavy atom. The van der Waals surface area contributed by atoms with Gasteiger partial charge >= 0.3 is 31.7 Å². The van der Waals surface area contributed by atoms with E-state index in [-0.39, 0.29) is 62.8 Å². The number of esters is 4. The lowest BCUT2D eigenvalue weighted by molar-refractivity contribution is -0.0668. The number of carbonyl (C=O) groups excluding carboxylic acids is 6. The monoisotopic (exact) mass is 1310 g/mol. The van der Waals surface area contributed by atoms with Crippen LogP contribution in [0.2, 0.25) is 0 Å². The summed E-state index contributed by atoms with van der Waals surface area (Å²) in [7, 11) is -5.06. The number of carbonyl (C=O) groups is 6. The van der Waals surface area contributed by atoms with Gasteiger partial charge in [-0.1, -0.05) is 140 Å². The Morgan fingerprint density at radius 3 is 1.04 bits per heavy atom. The molecule has 13 rings (SSSR count). The molecule has 0 radical (unpaired) electrons. The number of hydrogen-bond donors (Lipinski definition) is 2. The molecule has 6 heterocycles. The van der Waals surface area contributed by atoms with Crippen molar-refractivity contribution >= 4 is 77.5 Å². The first kappa shape index (κ1) is 63.3. The third-order valence-electron chi connectivity index (χ3n) is 15.4. The number of ether oxygens (including phenoxy) is 6. The summed E-state index contributed by atoms with van der Waals surface area (Å²) in [6.45, 7) is -1.98. The summed E-state index contributed by atoms with van der Waals surface area (Å²) in [5, 5.41) is 5.55. The summed E-state index contributed by atoms with van der Waals surface area (Å²) in [6, 6.07) is 57.4. The predicted octanol–water partition coefficient (Wildman–Crippen LogP) is 10.2. The highest BCUT2D eigenvalue weighted by molar-refractivity contribution is 7.48. The maximum atomic E-state index is 15.8. The fraction of sp³-hybridized carbons (Fsp3) is 0.159. The standard InChI is InChI=1S/C69H55N10O16P/c80-62(44-24-10-2-11-25-44)76-58-52-60(72-39-70-58)78(41-74-52)64-56(94-68(84)48-32-18-6-19-33-48)54(92-66(82)46-28-14-4-15-29-46)50(90-64)37-88-96(86,87-36-43-22-8-1-9-23-43)89-38-51-55(93-67(83)47-30-16-5-17-31-47)57(95-69(85)49-34-20-7-21-35-49)65(91-51)79-42-75-53-59(71-40-73-61(53)79)77-63(81)45-26-12-3-13-27-45/h1-35,39-42,50-51,54-57,64-65H,36-38H2,(H,70,72,76,80)(H,71,73,77,81)/t50-,51-,54-,55-,56-,57-,64-,65-/m1/s1. The number of nitrogens with zero attached hydrogens (tertiary/aromatic N) is 8. The highest BCUT2D eigenvalue weighted by atomic mass is 31.2. The summed E-state index contributed by atoms with van der Waals surface area (Å²) in [4.78, 5) is 111. The first-order valence-electron chi connectivity index (χ1n) is 29.9. The molecule has 482 valence electrons. The van der Waals surface area contributed by atoms with Crippen LogP contribution in [0.1, 0.15) is 80.2 Å². The molecule has 0 unspecified atom stereocenters. The number of aromatic nitrogens is 8. The van der Waals surface area contributed by atoms with E-state index in [1.54, 1.807) is 164 Å². The molecule has 0 saturated carbocycles. The lowest BCUT2D eigenvalue weighted by Gasteiger charge is -2.26. The van der Waals surface area contributed by atoms with Crippen molar-refractivity contribution in [1.29, 1.82) is 0 Å². The number of amides is 2. The second-order valence-electron chi connectivity index (χ2n) is 21.6. The van der Waals surface area contributed by atoms with E-state index in [2.05, 4.69) is 40.5 Å². The van der Waals surface area contributed by atoms with E-state index < -0.39 is 106 Å². The number of phosphoric ester groups is 1. The molecule has 2 fully saturated rings. The highest BCUT2D eigenvalue weighted by Crippen LogP contribution is 2.52. The number of nitrogens with one attached hydrogen (secondary N) is 2. The molecular weight excluding hydrogens is 1260 g/mol.